The molecule has 2 aromatic rings. The van der Waals surface area contributed by atoms with E-state index in [1.165, 1.54) is 17.4 Å². The van der Waals surface area contributed by atoms with Crippen LogP contribution in [0.3, 0.4) is 0 Å². The minimum atomic E-state index is -0.450. The molecule has 4 nitrogen and oxygen atoms in total. The molecule has 0 bridgehead atoms. The Morgan fingerprint density at radius 1 is 1.30 bits per heavy atom. The third-order valence-corrected chi connectivity index (χ3v) is 3.73. The number of benzene rings is 1. The van der Waals surface area contributed by atoms with Gasteiger partial charge < -0.3 is 10.4 Å². The van der Waals surface area contributed by atoms with Crippen molar-refractivity contribution in [3.05, 3.63) is 34.6 Å². The van der Waals surface area contributed by atoms with Gasteiger partial charge in [0.15, 0.2) is 0 Å². The molecule has 0 amide bonds. The van der Waals surface area contributed by atoms with Gasteiger partial charge in [0, 0.05) is 18.1 Å². The summed E-state index contributed by atoms with van der Waals surface area (Å²) in [6.07, 6.45) is 0.898. The average Bonchev–Trinajstić information content (AvgIpc) is 2.75. The van der Waals surface area contributed by atoms with Crippen molar-refractivity contribution < 1.29 is 9.50 Å². The van der Waals surface area contributed by atoms with E-state index in [1.807, 2.05) is 6.92 Å². The lowest BCUT2D eigenvalue weighted by Gasteiger charge is -2.14. The summed E-state index contributed by atoms with van der Waals surface area (Å²) in [6.45, 7) is 6.15. The van der Waals surface area contributed by atoms with Crippen molar-refractivity contribution in [2.75, 3.05) is 5.32 Å². The molecular weight excluding hydrogens is 277 g/mol. The smallest absolute Gasteiger partial charge is 0.206 e. The van der Waals surface area contributed by atoms with Crippen molar-refractivity contribution in [2.24, 2.45) is 5.92 Å². The minimum absolute atomic E-state index is 0.0584. The first-order chi connectivity index (χ1) is 9.45. The molecule has 0 saturated carbocycles. The number of aromatic nitrogens is 2. The van der Waals surface area contributed by atoms with E-state index in [-0.39, 0.29) is 11.8 Å². The molecule has 1 aromatic carbocycles. The predicted octanol–water partition coefficient (Wildman–Crippen LogP) is 3.75. The van der Waals surface area contributed by atoms with Gasteiger partial charge in [0.2, 0.25) is 5.13 Å². The van der Waals surface area contributed by atoms with E-state index in [0.29, 0.717) is 16.6 Å². The van der Waals surface area contributed by atoms with Gasteiger partial charge in [-0.05, 0) is 18.9 Å². The van der Waals surface area contributed by atoms with E-state index in [1.54, 1.807) is 6.07 Å². The summed E-state index contributed by atoms with van der Waals surface area (Å²) in [5.74, 6) is 0.0277. The number of rotatable bonds is 5. The lowest BCUT2D eigenvalue weighted by molar-refractivity contribution is 0.459. The van der Waals surface area contributed by atoms with Gasteiger partial charge in [0.25, 0.3) is 0 Å². The minimum Gasteiger partial charge on any atom is -0.507 e. The van der Waals surface area contributed by atoms with E-state index in [9.17, 15) is 9.50 Å². The van der Waals surface area contributed by atoms with Crippen molar-refractivity contribution in [1.82, 2.24) is 10.2 Å². The van der Waals surface area contributed by atoms with Gasteiger partial charge in [0.1, 0.15) is 16.6 Å². The first kappa shape index (κ1) is 14.7. The molecule has 0 aliphatic rings. The fourth-order valence-electron chi connectivity index (χ4n) is 1.89. The molecule has 2 rings (SSSR count). The number of nitrogens with zero attached hydrogens (tertiary/aromatic N) is 2. The van der Waals surface area contributed by atoms with Crippen LogP contribution < -0.4 is 5.32 Å². The highest BCUT2D eigenvalue weighted by molar-refractivity contribution is 7.15. The molecule has 1 unspecified atom stereocenters. The SMILES string of the molecule is CC(C)Cc1nnc(NC(C)c2ccc(F)cc2O)s1. The van der Waals surface area contributed by atoms with Gasteiger partial charge in [-0.1, -0.05) is 31.3 Å². The summed E-state index contributed by atoms with van der Waals surface area (Å²) in [5, 5.41) is 22.8. The van der Waals surface area contributed by atoms with Crippen molar-refractivity contribution in [1.29, 1.82) is 0 Å². The number of phenolic OH excluding ortho intramolecular Hbond substituents is 1. The average molecular weight is 295 g/mol. The molecule has 0 fully saturated rings. The summed E-state index contributed by atoms with van der Waals surface area (Å²) in [7, 11) is 0. The van der Waals surface area contributed by atoms with E-state index in [4.69, 9.17) is 0 Å². The van der Waals surface area contributed by atoms with Crippen molar-refractivity contribution >= 4 is 16.5 Å². The van der Waals surface area contributed by atoms with Crippen LogP contribution >= 0.6 is 11.3 Å². The first-order valence-electron chi connectivity index (χ1n) is 6.53. The number of anilines is 1. The van der Waals surface area contributed by atoms with Gasteiger partial charge in [0.05, 0.1) is 6.04 Å². The summed E-state index contributed by atoms with van der Waals surface area (Å²) < 4.78 is 13.0. The zero-order chi connectivity index (χ0) is 14.7. The van der Waals surface area contributed by atoms with Gasteiger partial charge in [-0.25, -0.2) is 4.39 Å². The lowest BCUT2D eigenvalue weighted by atomic mass is 10.1. The Labute approximate surface area is 121 Å². The van der Waals surface area contributed by atoms with Gasteiger partial charge in [-0.3, -0.25) is 0 Å². The van der Waals surface area contributed by atoms with E-state index < -0.39 is 5.82 Å². The quantitative estimate of drug-likeness (QED) is 0.882. The maximum Gasteiger partial charge on any atom is 0.206 e. The number of aromatic hydroxyl groups is 1. The first-order valence-corrected chi connectivity index (χ1v) is 7.34. The molecule has 2 N–H and O–H groups in total. The number of hydrogen-bond donors (Lipinski definition) is 2. The highest BCUT2D eigenvalue weighted by Crippen LogP contribution is 2.29. The monoisotopic (exact) mass is 295 g/mol. The van der Waals surface area contributed by atoms with Crippen LogP contribution in [0, 0.1) is 11.7 Å². The Morgan fingerprint density at radius 2 is 2.05 bits per heavy atom. The second-order valence-electron chi connectivity index (χ2n) is 5.17. The highest BCUT2D eigenvalue weighted by Gasteiger charge is 2.13. The molecule has 0 saturated heterocycles. The highest BCUT2D eigenvalue weighted by atomic mass is 32.1. The molecule has 6 heteroatoms. The van der Waals surface area contributed by atoms with E-state index in [2.05, 4.69) is 29.4 Å². The molecule has 0 aliphatic heterocycles. The van der Waals surface area contributed by atoms with Crippen LogP contribution in [0.1, 0.15) is 37.4 Å². The summed E-state index contributed by atoms with van der Waals surface area (Å²) in [5.41, 5.74) is 0.631. The summed E-state index contributed by atoms with van der Waals surface area (Å²) >= 11 is 1.50. The third kappa shape index (κ3) is 3.66. The van der Waals surface area contributed by atoms with Crippen LogP contribution in [0.5, 0.6) is 5.75 Å². The number of hydrogen-bond acceptors (Lipinski definition) is 5. The lowest BCUT2D eigenvalue weighted by Crippen LogP contribution is -2.06. The van der Waals surface area contributed by atoms with Crippen LogP contribution in [0.15, 0.2) is 18.2 Å². The molecule has 1 atom stereocenters. The van der Waals surface area contributed by atoms with Gasteiger partial charge in [-0.2, -0.15) is 0 Å². The molecule has 108 valence electrons. The van der Waals surface area contributed by atoms with Crippen LogP contribution in [-0.2, 0) is 6.42 Å². The third-order valence-electron chi connectivity index (χ3n) is 2.85. The number of phenols is 1. The Kier molecular flexibility index (Phi) is 4.54. The fourth-order valence-corrected chi connectivity index (χ4v) is 2.93. The Bertz CT molecular complexity index is 586. The second-order valence-corrected chi connectivity index (χ2v) is 6.23. The van der Waals surface area contributed by atoms with E-state index in [0.717, 1.165) is 17.5 Å². The van der Waals surface area contributed by atoms with Crippen LogP contribution in [0.4, 0.5) is 9.52 Å². The maximum absolute atomic E-state index is 13.0. The van der Waals surface area contributed by atoms with Gasteiger partial charge >= 0.3 is 0 Å². The summed E-state index contributed by atoms with van der Waals surface area (Å²) in [6, 6.07) is 3.84. The normalized spacial score (nSPS) is 12.7. The standard InChI is InChI=1S/C14H18FN3OS/c1-8(2)6-13-17-18-14(20-13)16-9(3)11-5-4-10(15)7-12(11)19/h4-5,7-9,19H,6H2,1-3H3,(H,16,18). The fraction of sp³-hybridized carbons (Fsp3) is 0.429. The topological polar surface area (TPSA) is 58.0 Å². The zero-order valence-electron chi connectivity index (χ0n) is 11.7. The van der Waals surface area contributed by atoms with E-state index >= 15 is 0 Å². The van der Waals surface area contributed by atoms with Crippen LogP contribution in [0.2, 0.25) is 0 Å². The predicted molar refractivity (Wildman–Crippen MR) is 78.6 cm³/mol. The molecule has 0 spiro atoms. The number of nitrogens with one attached hydrogen (secondary N) is 1. The maximum atomic E-state index is 13.0. The Balaban J connectivity index is 2.07. The zero-order valence-corrected chi connectivity index (χ0v) is 12.5. The molecule has 1 heterocycles. The molecule has 0 radical (unpaired) electrons. The van der Waals surface area contributed by atoms with Crippen molar-refractivity contribution in [3.8, 4) is 5.75 Å². The largest absolute Gasteiger partial charge is 0.507 e. The molecular formula is C14H18FN3OS. The second kappa shape index (κ2) is 6.17. The molecule has 20 heavy (non-hydrogen) atoms. The number of halogens is 1. The van der Waals surface area contributed by atoms with Crippen molar-refractivity contribution in [3.63, 3.8) is 0 Å². The summed E-state index contributed by atoms with van der Waals surface area (Å²) in [4.78, 5) is 0. The molecule has 1 aromatic heterocycles. The molecule has 0 aliphatic carbocycles. The van der Waals surface area contributed by atoms with Gasteiger partial charge in [-0.15, -0.1) is 10.2 Å². The Hall–Kier alpha value is -1.69. The Morgan fingerprint density at radius 3 is 2.70 bits per heavy atom. The van der Waals surface area contributed by atoms with Crippen molar-refractivity contribution in [2.45, 2.75) is 33.2 Å². The van der Waals surface area contributed by atoms with Crippen LogP contribution in [0.25, 0.3) is 0 Å². The van der Waals surface area contributed by atoms with Crippen LogP contribution in [-0.4, -0.2) is 15.3 Å².